The monoisotopic (exact) mass is 235 g/mol. The van der Waals surface area contributed by atoms with Gasteiger partial charge in [0.1, 0.15) is 24.9 Å². The second-order valence-electron chi connectivity index (χ2n) is 3.31. The molecule has 0 aromatic heterocycles. The normalized spacial score (nSPS) is 43.8. The Balaban J connectivity index is 3.01. The molecule has 1 fully saturated rings. The first kappa shape index (κ1) is 13.1. The summed E-state index contributed by atoms with van der Waals surface area (Å²) in [5.74, 6) is -1.92. The lowest BCUT2D eigenvalue weighted by atomic mass is 9.95. The van der Waals surface area contributed by atoms with Crippen molar-refractivity contribution in [2.75, 3.05) is 13.7 Å². The van der Waals surface area contributed by atoms with Crippen LogP contribution in [0.1, 0.15) is 0 Å². The van der Waals surface area contributed by atoms with E-state index >= 15 is 0 Å². The van der Waals surface area contributed by atoms with Gasteiger partial charge in [-0.2, -0.15) is 0 Å². The van der Waals surface area contributed by atoms with E-state index < -0.39 is 36.9 Å². The van der Waals surface area contributed by atoms with E-state index in [9.17, 15) is 15.3 Å². The highest BCUT2D eigenvalue weighted by molar-refractivity contribution is 4.96. The minimum Gasteiger partial charge on any atom is -0.391 e. The lowest BCUT2D eigenvalue weighted by molar-refractivity contribution is -0.361. The Morgan fingerprint density at radius 2 is 2.06 bits per heavy atom. The van der Waals surface area contributed by atoms with Gasteiger partial charge in [0.15, 0.2) is 6.23 Å². The van der Waals surface area contributed by atoms with Crippen LogP contribution >= 0.6 is 0 Å². The van der Waals surface area contributed by atoms with Crippen molar-refractivity contribution < 1.29 is 29.9 Å². The molecular formula is C7H13N3O6. The van der Waals surface area contributed by atoms with Crippen molar-refractivity contribution in [2.24, 2.45) is 5.11 Å². The lowest BCUT2D eigenvalue weighted by Gasteiger charge is -2.45. The number of rotatable bonds is 3. The van der Waals surface area contributed by atoms with Crippen LogP contribution in [0, 0.1) is 0 Å². The molecule has 92 valence electrons. The average Bonchev–Trinajstić information content (AvgIpc) is 2.31. The average molecular weight is 235 g/mol. The first-order valence-electron chi connectivity index (χ1n) is 4.44. The van der Waals surface area contributed by atoms with Gasteiger partial charge in [0.05, 0.1) is 0 Å². The fraction of sp³-hybridized carbons (Fsp3) is 1.00. The van der Waals surface area contributed by atoms with E-state index in [-0.39, 0.29) is 0 Å². The number of aliphatic hydroxyl groups is 4. The van der Waals surface area contributed by atoms with Gasteiger partial charge in [0.2, 0.25) is 5.79 Å². The SMILES string of the molecule is COC1(CO)O[C@@H](N=[N+]=[N-])[C@H](O)[C@@H](O)[C@H]1O. The van der Waals surface area contributed by atoms with Crippen molar-refractivity contribution in [3.05, 3.63) is 10.4 Å². The molecule has 0 aliphatic carbocycles. The zero-order chi connectivity index (χ0) is 12.3. The number of methoxy groups -OCH3 is 1. The first-order chi connectivity index (χ1) is 7.52. The quantitative estimate of drug-likeness (QED) is 0.254. The molecule has 9 nitrogen and oxygen atoms in total. The summed E-state index contributed by atoms with van der Waals surface area (Å²) in [7, 11) is 1.14. The zero-order valence-electron chi connectivity index (χ0n) is 8.46. The number of nitrogens with zero attached hydrogens (tertiary/aromatic N) is 3. The fourth-order valence-corrected chi connectivity index (χ4v) is 1.47. The maximum absolute atomic E-state index is 9.59. The molecule has 1 rings (SSSR count). The predicted octanol–water partition coefficient (Wildman–Crippen LogP) is -1.93. The number of ether oxygens (including phenoxy) is 2. The summed E-state index contributed by atoms with van der Waals surface area (Å²) in [4.78, 5) is 2.41. The first-order valence-corrected chi connectivity index (χ1v) is 4.44. The predicted molar refractivity (Wildman–Crippen MR) is 48.9 cm³/mol. The minimum atomic E-state index is -1.92. The van der Waals surface area contributed by atoms with Crippen LogP contribution in [0.25, 0.3) is 10.4 Å². The summed E-state index contributed by atoms with van der Waals surface area (Å²) >= 11 is 0. The van der Waals surface area contributed by atoms with Crippen molar-refractivity contribution in [3.63, 3.8) is 0 Å². The molecule has 0 bridgehead atoms. The van der Waals surface area contributed by atoms with Gasteiger partial charge in [-0.3, -0.25) is 0 Å². The summed E-state index contributed by atoms with van der Waals surface area (Å²) in [6.45, 7) is -0.772. The van der Waals surface area contributed by atoms with Crippen LogP contribution in [0.5, 0.6) is 0 Å². The number of hydrogen-bond acceptors (Lipinski definition) is 7. The molecule has 0 aromatic rings. The molecule has 1 aliphatic rings. The van der Waals surface area contributed by atoms with Crippen molar-refractivity contribution >= 4 is 0 Å². The molecule has 1 aliphatic heterocycles. The molecule has 16 heavy (non-hydrogen) atoms. The number of hydrogen-bond donors (Lipinski definition) is 4. The standard InChI is InChI=1S/C7H13N3O6/c1-15-7(2-11)5(14)3(12)4(13)6(16-7)9-10-8/h3-6,11-14H,2H2,1H3/t3-,4-,5-,6-,7?/m1/s1. The maximum atomic E-state index is 9.59. The van der Waals surface area contributed by atoms with Gasteiger partial charge in [0.25, 0.3) is 0 Å². The molecule has 9 heteroatoms. The Hall–Kier alpha value is -0.930. The fourth-order valence-electron chi connectivity index (χ4n) is 1.47. The van der Waals surface area contributed by atoms with Crippen LogP contribution in [0.4, 0.5) is 0 Å². The van der Waals surface area contributed by atoms with Crippen LogP contribution in [-0.2, 0) is 9.47 Å². The Bertz CT molecular complexity index is 290. The lowest BCUT2D eigenvalue weighted by Crippen LogP contribution is -2.66. The van der Waals surface area contributed by atoms with E-state index in [1.54, 1.807) is 0 Å². The van der Waals surface area contributed by atoms with Gasteiger partial charge < -0.3 is 29.9 Å². The van der Waals surface area contributed by atoms with Gasteiger partial charge in [-0.15, -0.1) is 0 Å². The Morgan fingerprint density at radius 1 is 1.44 bits per heavy atom. The molecule has 0 radical (unpaired) electrons. The molecule has 5 atom stereocenters. The van der Waals surface area contributed by atoms with Gasteiger partial charge >= 0.3 is 0 Å². The van der Waals surface area contributed by atoms with Gasteiger partial charge in [-0.25, -0.2) is 0 Å². The minimum absolute atomic E-state index is 0.772. The zero-order valence-corrected chi connectivity index (χ0v) is 8.46. The third-order valence-corrected chi connectivity index (χ3v) is 2.47. The van der Waals surface area contributed by atoms with E-state index in [0.717, 1.165) is 7.11 Å². The summed E-state index contributed by atoms with van der Waals surface area (Å²) in [5, 5.41) is 40.7. The maximum Gasteiger partial charge on any atom is 0.221 e. The van der Waals surface area contributed by atoms with Crippen LogP contribution in [0.15, 0.2) is 5.11 Å². The largest absolute Gasteiger partial charge is 0.391 e. The second-order valence-corrected chi connectivity index (χ2v) is 3.31. The topological polar surface area (TPSA) is 148 Å². The van der Waals surface area contributed by atoms with E-state index in [1.165, 1.54) is 0 Å². The highest BCUT2D eigenvalue weighted by Crippen LogP contribution is 2.31. The summed E-state index contributed by atoms with van der Waals surface area (Å²) in [6.07, 6.45) is -6.37. The Morgan fingerprint density at radius 3 is 2.50 bits per heavy atom. The molecular weight excluding hydrogens is 222 g/mol. The van der Waals surface area contributed by atoms with E-state index in [0.29, 0.717) is 0 Å². The molecule has 1 heterocycles. The number of aliphatic hydroxyl groups excluding tert-OH is 4. The van der Waals surface area contributed by atoms with Crippen LogP contribution in [-0.4, -0.2) is 64.5 Å². The Kier molecular flexibility index (Phi) is 4.05. The van der Waals surface area contributed by atoms with Gasteiger partial charge in [-0.1, -0.05) is 5.11 Å². The summed E-state index contributed by atoms with van der Waals surface area (Å²) in [5.41, 5.74) is 8.22. The van der Waals surface area contributed by atoms with Crippen LogP contribution < -0.4 is 0 Å². The molecule has 0 aromatic carbocycles. The smallest absolute Gasteiger partial charge is 0.221 e. The van der Waals surface area contributed by atoms with Crippen molar-refractivity contribution in [1.29, 1.82) is 0 Å². The Labute approximate surface area is 90.5 Å². The highest BCUT2D eigenvalue weighted by Gasteiger charge is 2.53. The summed E-state index contributed by atoms with van der Waals surface area (Å²) < 4.78 is 9.71. The van der Waals surface area contributed by atoms with Crippen molar-refractivity contribution in [2.45, 2.75) is 30.3 Å². The molecule has 0 amide bonds. The summed E-state index contributed by atoms with van der Waals surface area (Å²) in [6, 6.07) is 0. The van der Waals surface area contributed by atoms with Crippen LogP contribution in [0.3, 0.4) is 0 Å². The third-order valence-electron chi connectivity index (χ3n) is 2.47. The second kappa shape index (κ2) is 4.93. The molecule has 1 unspecified atom stereocenters. The molecule has 1 saturated heterocycles. The van der Waals surface area contributed by atoms with E-state index in [4.69, 9.17) is 20.1 Å². The van der Waals surface area contributed by atoms with E-state index in [2.05, 4.69) is 10.0 Å². The third kappa shape index (κ3) is 1.97. The highest BCUT2D eigenvalue weighted by atomic mass is 16.7. The van der Waals surface area contributed by atoms with Crippen molar-refractivity contribution in [3.8, 4) is 0 Å². The molecule has 4 N–H and O–H groups in total. The number of azide groups is 1. The van der Waals surface area contributed by atoms with Crippen molar-refractivity contribution in [1.82, 2.24) is 0 Å². The van der Waals surface area contributed by atoms with Gasteiger partial charge in [-0.05, 0) is 5.53 Å². The van der Waals surface area contributed by atoms with Gasteiger partial charge in [0, 0.05) is 12.0 Å². The molecule has 0 spiro atoms. The molecule has 0 saturated carbocycles. The van der Waals surface area contributed by atoms with Crippen LogP contribution in [0.2, 0.25) is 0 Å². The van der Waals surface area contributed by atoms with E-state index in [1.807, 2.05) is 0 Å².